The van der Waals surface area contributed by atoms with E-state index >= 15 is 0 Å². The SMILES string of the molecule is CN=C(NCc1ccnc(N(C)C)c1)N1CCOC(c2ccc(C)cc2C)C1.I. The number of benzene rings is 1. The van der Waals surface area contributed by atoms with Crippen LogP contribution in [0.5, 0.6) is 0 Å². The zero-order valence-electron chi connectivity index (χ0n) is 18.0. The van der Waals surface area contributed by atoms with Gasteiger partial charge in [0.15, 0.2) is 5.96 Å². The molecule has 0 aliphatic carbocycles. The third-order valence-corrected chi connectivity index (χ3v) is 5.07. The first-order valence-corrected chi connectivity index (χ1v) is 9.74. The Bertz CT molecular complexity index is 840. The molecule has 0 amide bonds. The van der Waals surface area contributed by atoms with E-state index in [0.717, 1.165) is 24.9 Å². The maximum absolute atomic E-state index is 6.08. The smallest absolute Gasteiger partial charge is 0.194 e. The fourth-order valence-electron chi connectivity index (χ4n) is 3.55. The van der Waals surface area contributed by atoms with E-state index in [1.165, 1.54) is 22.3 Å². The molecule has 0 bridgehead atoms. The van der Waals surface area contributed by atoms with E-state index in [1.54, 1.807) is 0 Å². The number of halogens is 1. The van der Waals surface area contributed by atoms with Crippen molar-refractivity contribution in [1.29, 1.82) is 0 Å². The highest BCUT2D eigenvalue weighted by atomic mass is 127. The van der Waals surface area contributed by atoms with Crippen molar-refractivity contribution in [2.75, 3.05) is 45.7 Å². The van der Waals surface area contributed by atoms with E-state index in [4.69, 9.17) is 4.74 Å². The van der Waals surface area contributed by atoms with Crippen molar-refractivity contribution in [3.63, 3.8) is 0 Å². The summed E-state index contributed by atoms with van der Waals surface area (Å²) in [5.74, 6) is 1.86. The van der Waals surface area contributed by atoms with Gasteiger partial charge in [0, 0.05) is 40.4 Å². The first-order chi connectivity index (χ1) is 13.5. The van der Waals surface area contributed by atoms with Crippen LogP contribution in [-0.2, 0) is 11.3 Å². The number of aromatic nitrogens is 1. The van der Waals surface area contributed by atoms with Gasteiger partial charge in [-0.2, -0.15) is 0 Å². The van der Waals surface area contributed by atoms with Crippen LogP contribution in [0.3, 0.4) is 0 Å². The van der Waals surface area contributed by atoms with Gasteiger partial charge >= 0.3 is 0 Å². The predicted molar refractivity (Wildman–Crippen MR) is 130 cm³/mol. The topological polar surface area (TPSA) is 53.0 Å². The van der Waals surface area contributed by atoms with E-state index < -0.39 is 0 Å². The average molecular weight is 509 g/mol. The second-order valence-corrected chi connectivity index (χ2v) is 7.48. The number of nitrogens with zero attached hydrogens (tertiary/aromatic N) is 4. The van der Waals surface area contributed by atoms with Crippen LogP contribution in [0.1, 0.15) is 28.4 Å². The van der Waals surface area contributed by atoms with Crippen LogP contribution in [-0.4, -0.2) is 56.7 Å². The van der Waals surface area contributed by atoms with Gasteiger partial charge in [0.2, 0.25) is 0 Å². The van der Waals surface area contributed by atoms with Crippen molar-refractivity contribution in [2.45, 2.75) is 26.5 Å². The molecule has 1 atom stereocenters. The van der Waals surface area contributed by atoms with E-state index in [2.05, 4.69) is 58.3 Å². The molecule has 0 radical (unpaired) electrons. The summed E-state index contributed by atoms with van der Waals surface area (Å²) in [4.78, 5) is 13.2. The third-order valence-electron chi connectivity index (χ3n) is 5.07. The van der Waals surface area contributed by atoms with Crippen LogP contribution in [0.2, 0.25) is 0 Å². The van der Waals surface area contributed by atoms with Crippen LogP contribution in [0.4, 0.5) is 5.82 Å². The lowest BCUT2D eigenvalue weighted by Gasteiger charge is -2.36. The molecular weight excluding hydrogens is 477 g/mol. The standard InChI is InChI=1S/C22H31N5O.HI/c1-16-6-7-19(17(2)12-16)20-15-27(10-11-28-20)22(23-3)25-14-18-8-9-24-21(13-18)26(4)5;/h6-9,12-13,20H,10-11,14-15H2,1-5H3,(H,23,25);1H. The van der Waals surface area contributed by atoms with E-state index in [0.29, 0.717) is 13.2 Å². The van der Waals surface area contributed by atoms with Gasteiger partial charge in [-0.3, -0.25) is 4.99 Å². The van der Waals surface area contributed by atoms with Crippen LogP contribution < -0.4 is 10.2 Å². The molecule has 29 heavy (non-hydrogen) atoms. The second kappa shape index (κ2) is 10.8. The fraction of sp³-hybridized carbons (Fsp3) is 0.455. The Labute approximate surface area is 191 Å². The lowest BCUT2D eigenvalue weighted by molar-refractivity contribution is -0.00834. The Morgan fingerprint density at radius 1 is 1.28 bits per heavy atom. The molecule has 2 aromatic rings. The summed E-state index contributed by atoms with van der Waals surface area (Å²) in [6, 6.07) is 10.7. The molecule has 1 N–H and O–H groups in total. The minimum absolute atomic E-state index is 0. The van der Waals surface area contributed by atoms with Gasteiger partial charge in [-0.15, -0.1) is 24.0 Å². The third kappa shape index (κ3) is 6.05. The number of morpholine rings is 1. The van der Waals surface area contributed by atoms with E-state index in [9.17, 15) is 0 Å². The summed E-state index contributed by atoms with van der Waals surface area (Å²) in [5, 5.41) is 3.49. The Morgan fingerprint density at radius 2 is 2.07 bits per heavy atom. The Kier molecular flexibility index (Phi) is 8.70. The van der Waals surface area contributed by atoms with E-state index in [-0.39, 0.29) is 30.1 Å². The number of rotatable bonds is 4. The van der Waals surface area contributed by atoms with E-state index in [1.807, 2.05) is 38.3 Å². The molecule has 1 aliphatic rings. The minimum Gasteiger partial charge on any atom is -0.370 e. The monoisotopic (exact) mass is 509 g/mol. The van der Waals surface area contributed by atoms with Crippen molar-refractivity contribution in [3.05, 3.63) is 58.8 Å². The number of nitrogens with one attached hydrogen (secondary N) is 1. The van der Waals surface area contributed by atoms with Crippen LogP contribution in [0.25, 0.3) is 0 Å². The zero-order chi connectivity index (χ0) is 20.1. The quantitative estimate of drug-likeness (QED) is 0.389. The molecule has 3 rings (SSSR count). The summed E-state index contributed by atoms with van der Waals surface area (Å²) in [5.41, 5.74) is 5.00. The molecule has 1 fully saturated rings. The lowest BCUT2D eigenvalue weighted by atomic mass is 10.00. The van der Waals surface area contributed by atoms with Gasteiger partial charge in [0.1, 0.15) is 11.9 Å². The molecule has 6 nitrogen and oxygen atoms in total. The summed E-state index contributed by atoms with van der Waals surface area (Å²) in [6.45, 7) is 7.31. The molecule has 1 aromatic heterocycles. The highest BCUT2D eigenvalue weighted by Crippen LogP contribution is 2.26. The molecule has 1 unspecified atom stereocenters. The minimum atomic E-state index is 0. The van der Waals surface area contributed by atoms with Crippen molar-refractivity contribution >= 4 is 35.8 Å². The van der Waals surface area contributed by atoms with Gasteiger partial charge in [0.25, 0.3) is 0 Å². The molecule has 7 heteroatoms. The highest BCUT2D eigenvalue weighted by Gasteiger charge is 2.25. The lowest BCUT2D eigenvalue weighted by Crippen LogP contribution is -2.48. The van der Waals surface area contributed by atoms with Crippen molar-refractivity contribution in [2.24, 2.45) is 4.99 Å². The Morgan fingerprint density at radius 3 is 2.76 bits per heavy atom. The maximum atomic E-state index is 6.08. The number of anilines is 1. The summed E-state index contributed by atoms with van der Waals surface area (Å²) in [6.07, 6.45) is 1.91. The number of pyridine rings is 1. The fourth-order valence-corrected chi connectivity index (χ4v) is 3.55. The molecule has 1 saturated heterocycles. The van der Waals surface area contributed by atoms with Gasteiger partial charge in [-0.05, 0) is 42.7 Å². The first kappa shape index (κ1) is 23.4. The Balaban J connectivity index is 0.00000300. The number of aliphatic imine (C=N–C) groups is 1. The summed E-state index contributed by atoms with van der Waals surface area (Å²) >= 11 is 0. The van der Waals surface area contributed by atoms with Crippen LogP contribution in [0.15, 0.2) is 41.5 Å². The maximum Gasteiger partial charge on any atom is 0.194 e. The summed E-state index contributed by atoms with van der Waals surface area (Å²) in [7, 11) is 5.83. The number of hydrogen-bond acceptors (Lipinski definition) is 4. The molecular formula is C22H32IN5O. The molecule has 1 aliphatic heterocycles. The molecule has 158 valence electrons. The van der Waals surface area contributed by atoms with Gasteiger partial charge in [-0.1, -0.05) is 23.8 Å². The second-order valence-electron chi connectivity index (χ2n) is 7.48. The first-order valence-electron chi connectivity index (χ1n) is 9.74. The van der Waals surface area contributed by atoms with Gasteiger partial charge in [-0.25, -0.2) is 4.98 Å². The van der Waals surface area contributed by atoms with Crippen LogP contribution in [0, 0.1) is 13.8 Å². The summed E-state index contributed by atoms with van der Waals surface area (Å²) < 4.78 is 6.08. The van der Waals surface area contributed by atoms with Crippen LogP contribution >= 0.6 is 24.0 Å². The average Bonchev–Trinajstić information content (AvgIpc) is 2.69. The normalized spacial score (nSPS) is 16.9. The Hall–Kier alpha value is -1.87. The van der Waals surface area contributed by atoms with Crippen molar-refractivity contribution in [3.8, 4) is 0 Å². The zero-order valence-corrected chi connectivity index (χ0v) is 20.3. The van der Waals surface area contributed by atoms with Gasteiger partial charge < -0.3 is 19.9 Å². The number of ether oxygens (including phenoxy) is 1. The number of aryl methyl sites for hydroxylation is 2. The predicted octanol–water partition coefficient (Wildman–Crippen LogP) is 3.53. The highest BCUT2D eigenvalue weighted by molar-refractivity contribution is 14.0. The van der Waals surface area contributed by atoms with Crippen molar-refractivity contribution < 1.29 is 4.74 Å². The molecule has 1 aromatic carbocycles. The largest absolute Gasteiger partial charge is 0.370 e. The molecule has 2 heterocycles. The van der Waals surface area contributed by atoms with Gasteiger partial charge in [0.05, 0.1) is 13.2 Å². The molecule has 0 saturated carbocycles. The molecule has 0 spiro atoms. The number of hydrogen-bond donors (Lipinski definition) is 1. The number of guanidine groups is 1. The van der Waals surface area contributed by atoms with Crippen molar-refractivity contribution in [1.82, 2.24) is 15.2 Å².